The molecule has 0 fully saturated rings. The second-order valence-electron chi connectivity index (χ2n) is 14.3. The van der Waals surface area contributed by atoms with Gasteiger partial charge >= 0.3 is 25.8 Å². The Morgan fingerprint density at radius 1 is 0.480 bits per heavy atom. The van der Waals surface area contributed by atoms with E-state index in [1.165, 1.54) is 130 Å². The molecule has 6 rings (SSSR count). The molecule has 6 aromatic rings. The van der Waals surface area contributed by atoms with Gasteiger partial charge in [0.1, 0.15) is 0 Å². The first-order valence-corrected chi connectivity index (χ1v) is 20.8. The van der Waals surface area contributed by atoms with Gasteiger partial charge in [-0.2, -0.15) is 12.1 Å². The quantitative estimate of drug-likeness (QED) is 0.0582. The van der Waals surface area contributed by atoms with Crippen molar-refractivity contribution < 1.29 is 25.8 Å². The van der Waals surface area contributed by atoms with Crippen molar-refractivity contribution in [2.75, 3.05) is 0 Å². The van der Waals surface area contributed by atoms with E-state index in [1.54, 1.807) is 10.4 Å². The zero-order valence-corrected chi connectivity index (χ0v) is 36.9. The van der Waals surface area contributed by atoms with Crippen LogP contribution in [0.25, 0.3) is 43.8 Å². The number of hydrogen-bond acceptors (Lipinski definition) is 0. The SMILES string of the molecule is CCCCCC[Si](CCCCCC)(c1cc2c(-c3cccc(C)c3C)cccc2[cH-]1)c1cc2c(-c3cccc(C)c3C)cccc2[cH-]1.[CH3-].[CH3-].[Hf+4]. The average Bonchev–Trinajstić information content (AvgIpc) is 3.72. The second kappa shape index (κ2) is 18.6. The van der Waals surface area contributed by atoms with Crippen LogP contribution in [0.1, 0.15) is 87.5 Å². The molecule has 260 valence electrons. The molecule has 6 aromatic carbocycles. The summed E-state index contributed by atoms with van der Waals surface area (Å²) >= 11 is 0. The first-order valence-electron chi connectivity index (χ1n) is 18.4. The van der Waals surface area contributed by atoms with Gasteiger partial charge in [0.2, 0.25) is 0 Å². The van der Waals surface area contributed by atoms with Crippen LogP contribution in [0.4, 0.5) is 0 Å². The first-order chi connectivity index (χ1) is 22.9. The number of aryl methyl sites for hydroxylation is 2. The molecular weight excluding hydrogens is 783 g/mol. The van der Waals surface area contributed by atoms with Gasteiger partial charge in [-0.3, -0.25) is 0 Å². The molecule has 0 aliphatic rings. The van der Waals surface area contributed by atoms with E-state index in [1.807, 2.05) is 0 Å². The zero-order valence-electron chi connectivity index (χ0n) is 32.3. The molecule has 0 aliphatic heterocycles. The number of unbranched alkanes of at least 4 members (excludes halogenated alkanes) is 6. The van der Waals surface area contributed by atoms with Crippen molar-refractivity contribution in [3.05, 3.63) is 134 Å². The minimum Gasteiger partial charge on any atom is -0.358 e. The summed E-state index contributed by atoms with van der Waals surface area (Å²) in [5.41, 5.74) is 11.1. The summed E-state index contributed by atoms with van der Waals surface area (Å²) < 4.78 is 0. The summed E-state index contributed by atoms with van der Waals surface area (Å²) in [4.78, 5) is 0. The van der Waals surface area contributed by atoms with Gasteiger partial charge in [-0.1, -0.05) is 137 Å². The first kappa shape index (κ1) is 41.6. The normalized spacial score (nSPS) is 11.3. The maximum Gasteiger partial charge on any atom is 4.00 e. The average molecular weight is 844 g/mol. The third kappa shape index (κ3) is 8.29. The van der Waals surface area contributed by atoms with Crippen molar-refractivity contribution in [2.24, 2.45) is 0 Å². The van der Waals surface area contributed by atoms with E-state index >= 15 is 0 Å². The van der Waals surface area contributed by atoms with Crippen LogP contribution in [-0.2, 0) is 25.8 Å². The topological polar surface area (TPSA) is 0 Å². The van der Waals surface area contributed by atoms with E-state index in [4.69, 9.17) is 0 Å². The third-order valence-electron chi connectivity index (χ3n) is 11.3. The number of benzene rings is 4. The molecule has 0 aromatic heterocycles. The van der Waals surface area contributed by atoms with Gasteiger partial charge in [0.15, 0.2) is 0 Å². The summed E-state index contributed by atoms with van der Waals surface area (Å²) in [6, 6.07) is 40.8. The molecule has 0 saturated heterocycles. The molecule has 0 unspecified atom stereocenters. The van der Waals surface area contributed by atoms with Crippen LogP contribution in [-0.4, -0.2) is 8.07 Å². The van der Waals surface area contributed by atoms with Crippen LogP contribution < -0.4 is 10.4 Å². The molecule has 0 saturated carbocycles. The summed E-state index contributed by atoms with van der Waals surface area (Å²) in [5.74, 6) is 0. The molecule has 0 bridgehead atoms. The Morgan fingerprint density at radius 2 is 0.860 bits per heavy atom. The van der Waals surface area contributed by atoms with Crippen molar-refractivity contribution in [3.8, 4) is 22.3 Å². The van der Waals surface area contributed by atoms with Crippen molar-refractivity contribution in [1.29, 1.82) is 0 Å². The number of hydrogen-bond donors (Lipinski definition) is 0. The van der Waals surface area contributed by atoms with Crippen molar-refractivity contribution in [2.45, 2.75) is 105 Å². The summed E-state index contributed by atoms with van der Waals surface area (Å²) in [5, 5.41) is 8.99. The van der Waals surface area contributed by atoms with E-state index in [0.717, 1.165) is 0 Å². The van der Waals surface area contributed by atoms with Gasteiger partial charge in [0.25, 0.3) is 0 Å². The van der Waals surface area contributed by atoms with Gasteiger partial charge in [-0.15, -0.1) is 68.3 Å². The van der Waals surface area contributed by atoms with E-state index < -0.39 is 8.07 Å². The third-order valence-corrected chi connectivity index (χ3v) is 16.5. The molecule has 0 N–H and O–H groups in total. The van der Waals surface area contributed by atoms with E-state index in [-0.39, 0.29) is 40.7 Å². The van der Waals surface area contributed by atoms with E-state index in [2.05, 4.69) is 139 Å². The van der Waals surface area contributed by atoms with Crippen LogP contribution in [0, 0.1) is 42.5 Å². The van der Waals surface area contributed by atoms with Gasteiger partial charge in [0, 0.05) is 0 Å². The molecule has 0 radical (unpaired) electrons. The van der Waals surface area contributed by atoms with Crippen LogP contribution in [0.15, 0.2) is 97.1 Å². The molecular formula is C48H60HfSi. The molecule has 0 amide bonds. The van der Waals surface area contributed by atoms with Crippen LogP contribution in [0.2, 0.25) is 12.1 Å². The van der Waals surface area contributed by atoms with Crippen molar-refractivity contribution >= 4 is 40.0 Å². The fraction of sp³-hybridized carbons (Fsp3) is 0.333. The smallest absolute Gasteiger partial charge is 0.358 e. The van der Waals surface area contributed by atoms with Crippen molar-refractivity contribution in [3.63, 3.8) is 0 Å². The monoisotopic (exact) mass is 844 g/mol. The second-order valence-corrected chi connectivity index (χ2v) is 18.6. The van der Waals surface area contributed by atoms with Gasteiger partial charge in [-0.25, -0.2) is 0 Å². The van der Waals surface area contributed by atoms with Gasteiger partial charge < -0.3 is 14.9 Å². The fourth-order valence-electron chi connectivity index (χ4n) is 8.15. The largest absolute Gasteiger partial charge is 4.00 e. The predicted octanol–water partition coefficient (Wildman–Crippen LogP) is 13.6. The maximum absolute atomic E-state index is 2.65. The number of fused-ring (bicyclic) bond motifs is 2. The standard InChI is InChI=1S/C46H54Si.2CH3.Hf/c1-7-9-11-13-27-47(28-14-12-10-8-2,39-29-37-21-17-25-43(45(37)31-39)41-23-15-19-33(3)35(41)5)40-30-38-22-18-26-44(46(38)32-40)42-24-16-20-34(4)36(42)6;;;/h15-26,29-32H,7-14,27-28H2,1-6H3;2*1H3;/q-2;2*-1;+4. The van der Waals surface area contributed by atoms with E-state index in [0.29, 0.717) is 0 Å². The maximum atomic E-state index is 2.65. The molecule has 0 aliphatic carbocycles. The minimum atomic E-state index is -2.11. The minimum absolute atomic E-state index is 0. The van der Waals surface area contributed by atoms with Crippen molar-refractivity contribution in [1.82, 2.24) is 0 Å². The van der Waals surface area contributed by atoms with E-state index in [9.17, 15) is 0 Å². The summed E-state index contributed by atoms with van der Waals surface area (Å²) in [7, 11) is -2.11. The molecule has 2 heteroatoms. The van der Waals surface area contributed by atoms with Crippen LogP contribution >= 0.6 is 0 Å². The summed E-state index contributed by atoms with van der Waals surface area (Å²) in [6.07, 6.45) is 10.5. The Kier molecular flexibility index (Phi) is 15.5. The Bertz CT molecular complexity index is 1820. The molecule has 0 heterocycles. The van der Waals surface area contributed by atoms with Crippen LogP contribution in [0.5, 0.6) is 0 Å². The molecule has 0 atom stereocenters. The fourth-order valence-corrected chi connectivity index (χ4v) is 13.3. The Morgan fingerprint density at radius 3 is 1.26 bits per heavy atom. The number of rotatable bonds is 14. The predicted molar refractivity (Wildman–Crippen MR) is 225 cm³/mol. The van der Waals surface area contributed by atoms with Gasteiger partial charge in [0.05, 0.1) is 8.07 Å². The van der Waals surface area contributed by atoms with Crippen LogP contribution in [0.3, 0.4) is 0 Å². The molecule has 0 nitrogen and oxygen atoms in total. The Labute approximate surface area is 325 Å². The van der Waals surface area contributed by atoms with Gasteiger partial charge in [-0.05, 0) is 61.1 Å². The Hall–Kier alpha value is -2.81. The zero-order chi connectivity index (χ0) is 33.0. The Balaban J connectivity index is 0.00000225. The molecule has 0 spiro atoms. The summed E-state index contributed by atoms with van der Waals surface area (Å²) in [6.45, 7) is 13.7. The molecule has 50 heavy (non-hydrogen) atoms.